The van der Waals surface area contributed by atoms with Crippen molar-refractivity contribution in [1.82, 2.24) is 5.32 Å². The van der Waals surface area contributed by atoms with Crippen molar-refractivity contribution in [3.05, 3.63) is 84.3 Å². The van der Waals surface area contributed by atoms with Crippen LogP contribution >= 0.6 is 0 Å². The van der Waals surface area contributed by atoms with E-state index in [1.165, 1.54) is 5.56 Å². The number of amides is 1. The first-order valence-electron chi connectivity index (χ1n) is 8.23. The Kier molecular flexibility index (Phi) is 5.65. The van der Waals surface area contributed by atoms with Crippen LogP contribution in [0.15, 0.2) is 77.4 Å². The minimum atomic E-state index is -0.278. The van der Waals surface area contributed by atoms with E-state index in [-0.39, 0.29) is 12.0 Å². The van der Waals surface area contributed by atoms with Crippen molar-refractivity contribution in [2.75, 3.05) is 13.7 Å². The Morgan fingerprint density at radius 2 is 1.72 bits per heavy atom. The molecule has 0 saturated carbocycles. The summed E-state index contributed by atoms with van der Waals surface area (Å²) in [5.41, 5.74) is 3.28. The van der Waals surface area contributed by atoms with Gasteiger partial charge < -0.3 is 14.5 Å². The van der Waals surface area contributed by atoms with Gasteiger partial charge in [-0.15, -0.1) is 0 Å². The zero-order valence-electron chi connectivity index (χ0n) is 14.1. The van der Waals surface area contributed by atoms with Crippen LogP contribution in [0.1, 0.15) is 17.4 Å². The maximum Gasteiger partial charge on any atom is 0.224 e. The highest BCUT2D eigenvalue weighted by Gasteiger charge is 2.14. The number of hydrogen-bond acceptors (Lipinski definition) is 3. The van der Waals surface area contributed by atoms with Crippen LogP contribution in [0.3, 0.4) is 0 Å². The highest BCUT2D eigenvalue weighted by molar-refractivity contribution is 5.78. The van der Waals surface area contributed by atoms with Gasteiger partial charge in [-0.3, -0.25) is 4.79 Å². The zero-order valence-corrected chi connectivity index (χ0v) is 14.1. The summed E-state index contributed by atoms with van der Waals surface area (Å²) in [6, 6.07) is 21.9. The quantitative estimate of drug-likeness (QED) is 0.710. The lowest BCUT2D eigenvalue weighted by Gasteiger charge is -2.14. The van der Waals surface area contributed by atoms with Gasteiger partial charge in [0.25, 0.3) is 0 Å². The molecular formula is C21H21NO3. The Morgan fingerprint density at radius 3 is 2.36 bits per heavy atom. The minimum absolute atomic E-state index is 0.0407. The third kappa shape index (κ3) is 4.58. The van der Waals surface area contributed by atoms with E-state index < -0.39 is 0 Å². The number of nitrogens with one attached hydrogen (secondary N) is 1. The molecule has 0 fully saturated rings. The molecule has 25 heavy (non-hydrogen) atoms. The van der Waals surface area contributed by atoms with E-state index in [1.54, 1.807) is 19.4 Å². The van der Waals surface area contributed by atoms with Crippen LogP contribution in [-0.2, 0) is 16.0 Å². The Labute approximate surface area is 147 Å². The van der Waals surface area contributed by atoms with Gasteiger partial charge in [0.05, 0.1) is 19.2 Å². The molecule has 1 unspecified atom stereocenters. The molecule has 1 N–H and O–H groups in total. The number of methoxy groups -OCH3 is 1. The zero-order chi connectivity index (χ0) is 17.5. The molecule has 0 aliphatic carbocycles. The first-order chi connectivity index (χ1) is 12.3. The van der Waals surface area contributed by atoms with E-state index in [9.17, 15) is 4.79 Å². The van der Waals surface area contributed by atoms with Gasteiger partial charge in [0, 0.05) is 7.11 Å². The Balaban J connectivity index is 1.54. The van der Waals surface area contributed by atoms with E-state index in [4.69, 9.17) is 9.15 Å². The third-order valence-electron chi connectivity index (χ3n) is 4.06. The van der Waals surface area contributed by atoms with E-state index in [1.807, 2.05) is 48.5 Å². The average Bonchev–Trinajstić information content (AvgIpc) is 3.18. The lowest BCUT2D eigenvalue weighted by molar-refractivity contribution is -0.121. The molecule has 1 amide bonds. The molecule has 0 spiro atoms. The Bertz CT molecular complexity index is 780. The summed E-state index contributed by atoms with van der Waals surface area (Å²) in [4.78, 5) is 12.2. The summed E-state index contributed by atoms with van der Waals surface area (Å²) >= 11 is 0. The lowest BCUT2D eigenvalue weighted by atomic mass is 10.0. The van der Waals surface area contributed by atoms with Gasteiger partial charge in [-0.1, -0.05) is 54.6 Å². The number of carbonyl (C=O) groups is 1. The third-order valence-corrected chi connectivity index (χ3v) is 4.06. The van der Waals surface area contributed by atoms with Crippen molar-refractivity contribution in [2.24, 2.45) is 0 Å². The van der Waals surface area contributed by atoms with Crippen LogP contribution in [0, 0.1) is 0 Å². The fraction of sp³-hybridized carbons (Fsp3) is 0.190. The highest BCUT2D eigenvalue weighted by atomic mass is 16.5. The summed E-state index contributed by atoms with van der Waals surface area (Å²) in [6.07, 6.45) is 1.65. The molecule has 0 saturated heterocycles. The highest BCUT2D eigenvalue weighted by Crippen LogP contribution is 2.19. The lowest BCUT2D eigenvalue weighted by Crippen LogP contribution is -2.30. The second-order valence-corrected chi connectivity index (χ2v) is 5.78. The number of furan rings is 1. The van der Waals surface area contributed by atoms with E-state index in [0.29, 0.717) is 18.7 Å². The molecular weight excluding hydrogens is 314 g/mol. The van der Waals surface area contributed by atoms with Crippen LogP contribution in [-0.4, -0.2) is 19.6 Å². The molecule has 3 aromatic rings. The van der Waals surface area contributed by atoms with Crippen molar-refractivity contribution in [1.29, 1.82) is 0 Å². The van der Waals surface area contributed by atoms with E-state index in [0.717, 1.165) is 11.1 Å². The number of ether oxygens (including phenoxy) is 1. The van der Waals surface area contributed by atoms with Gasteiger partial charge in [-0.05, 0) is 28.8 Å². The van der Waals surface area contributed by atoms with Gasteiger partial charge in [-0.2, -0.15) is 0 Å². The molecule has 0 radical (unpaired) electrons. The minimum Gasteiger partial charge on any atom is -0.467 e. The first-order valence-corrected chi connectivity index (χ1v) is 8.23. The summed E-state index contributed by atoms with van der Waals surface area (Å²) in [5, 5.41) is 2.89. The number of rotatable bonds is 7. The smallest absolute Gasteiger partial charge is 0.224 e. The summed E-state index contributed by atoms with van der Waals surface area (Å²) in [5.74, 6) is 0.663. The fourth-order valence-corrected chi connectivity index (χ4v) is 2.67. The normalized spacial score (nSPS) is 11.9. The summed E-state index contributed by atoms with van der Waals surface area (Å²) in [7, 11) is 1.60. The predicted molar refractivity (Wildman–Crippen MR) is 97.0 cm³/mol. The standard InChI is InChI=1S/C21H21NO3/c1-24-20(19-8-5-13-25-19)15-22-21(23)14-16-9-11-18(12-10-16)17-6-3-2-4-7-17/h2-13,20H,14-15H2,1H3,(H,22,23). The SMILES string of the molecule is COC(CNC(=O)Cc1ccc(-c2ccccc2)cc1)c1ccco1. The molecule has 3 rings (SSSR count). The van der Waals surface area contributed by atoms with Crippen molar-refractivity contribution in [3.8, 4) is 11.1 Å². The maximum absolute atomic E-state index is 12.2. The van der Waals surface area contributed by atoms with Crippen LogP contribution in [0.25, 0.3) is 11.1 Å². The number of benzene rings is 2. The number of hydrogen-bond donors (Lipinski definition) is 1. The van der Waals surface area contributed by atoms with Gasteiger partial charge >= 0.3 is 0 Å². The fourth-order valence-electron chi connectivity index (χ4n) is 2.67. The Morgan fingerprint density at radius 1 is 1.00 bits per heavy atom. The molecule has 4 nitrogen and oxygen atoms in total. The van der Waals surface area contributed by atoms with Crippen LogP contribution in [0.4, 0.5) is 0 Å². The second-order valence-electron chi connectivity index (χ2n) is 5.78. The summed E-state index contributed by atoms with van der Waals surface area (Å²) in [6.45, 7) is 0.380. The molecule has 1 aromatic heterocycles. The van der Waals surface area contributed by atoms with E-state index >= 15 is 0 Å². The van der Waals surface area contributed by atoms with Crippen molar-refractivity contribution < 1.29 is 13.9 Å². The molecule has 1 atom stereocenters. The molecule has 1 heterocycles. The van der Waals surface area contributed by atoms with Crippen LogP contribution in [0.2, 0.25) is 0 Å². The van der Waals surface area contributed by atoms with Gasteiger partial charge in [-0.25, -0.2) is 0 Å². The van der Waals surface area contributed by atoms with Crippen molar-refractivity contribution >= 4 is 5.91 Å². The largest absolute Gasteiger partial charge is 0.467 e. The van der Waals surface area contributed by atoms with Crippen molar-refractivity contribution in [2.45, 2.75) is 12.5 Å². The number of carbonyl (C=O) groups excluding carboxylic acids is 1. The molecule has 4 heteroatoms. The first kappa shape index (κ1) is 17.0. The van der Waals surface area contributed by atoms with Gasteiger partial charge in [0.1, 0.15) is 11.9 Å². The maximum atomic E-state index is 12.2. The molecule has 0 aliphatic heterocycles. The summed E-state index contributed by atoms with van der Waals surface area (Å²) < 4.78 is 10.7. The molecule has 128 valence electrons. The van der Waals surface area contributed by atoms with Crippen LogP contribution in [0.5, 0.6) is 0 Å². The van der Waals surface area contributed by atoms with E-state index in [2.05, 4.69) is 17.4 Å². The monoisotopic (exact) mass is 335 g/mol. The Hall–Kier alpha value is -2.85. The van der Waals surface area contributed by atoms with Crippen LogP contribution < -0.4 is 5.32 Å². The molecule has 2 aromatic carbocycles. The topological polar surface area (TPSA) is 51.5 Å². The average molecular weight is 335 g/mol. The van der Waals surface area contributed by atoms with Crippen molar-refractivity contribution in [3.63, 3.8) is 0 Å². The second kappa shape index (κ2) is 8.31. The molecule has 0 aliphatic rings. The molecule has 0 bridgehead atoms. The van der Waals surface area contributed by atoms with Gasteiger partial charge in [0.2, 0.25) is 5.91 Å². The van der Waals surface area contributed by atoms with Gasteiger partial charge in [0.15, 0.2) is 0 Å². The predicted octanol–water partition coefficient (Wildman–Crippen LogP) is 3.99.